The second-order valence-electron chi connectivity index (χ2n) is 7.13. The number of rotatable bonds is 5. The molecule has 0 heterocycles. The van der Waals surface area contributed by atoms with E-state index in [4.69, 9.17) is 9.47 Å². The molecule has 3 heteroatoms. The van der Waals surface area contributed by atoms with Crippen LogP contribution in [-0.4, -0.2) is 13.2 Å². The molecule has 28 heavy (non-hydrogen) atoms. The Balaban J connectivity index is 1.72. The maximum atomic E-state index is 9.83. The van der Waals surface area contributed by atoms with Crippen LogP contribution in [0.4, 0.5) is 0 Å². The van der Waals surface area contributed by atoms with Crippen molar-refractivity contribution in [2.45, 2.75) is 31.8 Å². The van der Waals surface area contributed by atoms with Crippen molar-refractivity contribution in [3.05, 3.63) is 71.8 Å². The molecule has 1 aliphatic carbocycles. The normalized spacial score (nSPS) is 14.8. The first-order chi connectivity index (χ1) is 13.8. The van der Waals surface area contributed by atoms with E-state index < -0.39 is 0 Å². The van der Waals surface area contributed by atoms with Crippen molar-refractivity contribution in [3.63, 3.8) is 0 Å². The Morgan fingerprint density at radius 1 is 1.00 bits per heavy atom. The topological polar surface area (TPSA) is 42.2 Å². The fraction of sp³-hybridized carbons (Fsp3) is 0.240. The molecule has 0 aromatic heterocycles. The van der Waals surface area contributed by atoms with Crippen LogP contribution in [0.15, 0.2) is 60.7 Å². The van der Waals surface area contributed by atoms with Crippen LogP contribution in [-0.2, 0) is 0 Å². The molecular weight excluding hydrogens is 346 g/mol. The predicted octanol–water partition coefficient (Wildman–Crippen LogP) is 6.23. The summed E-state index contributed by atoms with van der Waals surface area (Å²) in [5.74, 6) is 1.48. The third-order valence-corrected chi connectivity index (χ3v) is 5.29. The Morgan fingerprint density at radius 2 is 1.79 bits per heavy atom. The molecule has 0 amide bonds. The monoisotopic (exact) mass is 369 g/mol. The van der Waals surface area contributed by atoms with Crippen LogP contribution in [0, 0.1) is 11.3 Å². The molecule has 4 rings (SSSR count). The van der Waals surface area contributed by atoms with Gasteiger partial charge in [-0.05, 0) is 60.2 Å². The molecule has 3 aromatic rings. The van der Waals surface area contributed by atoms with Crippen molar-refractivity contribution < 1.29 is 9.47 Å². The van der Waals surface area contributed by atoms with E-state index in [1.165, 1.54) is 12.8 Å². The number of benzene rings is 3. The molecule has 140 valence electrons. The van der Waals surface area contributed by atoms with E-state index in [-0.39, 0.29) is 6.10 Å². The summed E-state index contributed by atoms with van der Waals surface area (Å²) in [5, 5.41) is 12.0. The highest BCUT2D eigenvalue weighted by Gasteiger charge is 2.18. The van der Waals surface area contributed by atoms with Crippen LogP contribution < -0.4 is 9.47 Å². The number of methoxy groups -OCH3 is 1. The molecule has 0 aliphatic heterocycles. The van der Waals surface area contributed by atoms with Crippen molar-refractivity contribution in [2.75, 3.05) is 7.11 Å². The lowest BCUT2D eigenvalue weighted by Crippen LogP contribution is -2.11. The van der Waals surface area contributed by atoms with E-state index >= 15 is 0 Å². The second kappa shape index (κ2) is 8.19. The highest BCUT2D eigenvalue weighted by Crippen LogP contribution is 2.34. The zero-order chi connectivity index (χ0) is 19.3. The average molecular weight is 369 g/mol. The zero-order valence-electron chi connectivity index (χ0n) is 16.0. The largest absolute Gasteiger partial charge is 0.493 e. The van der Waals surface area contributed by atoms with Crippen LogP contribution in [0.1, 0.15) is 36.8 Å². The number of nitrogens with zero attached hydrogens (tertiary/aromatic N) is 1. The summed E-state index contributed by atoms with van der Waals surface area (Å²) in [6.45, 7) is 0. The molecule has 1 aliphatic rings. The van der Waals surface area contributed by atoms with Crippen molar-refractivity contribution in [1.82, 2.24) is 0 Å². The Bertz CT molecular complexity index is 1050. The van der Waals surface area contributed by atoms with Gasteiger partial charge in [-0.3, -0.25) is 0 Å². The minimum Gasteiger partial charge on any atom is -0.493 e. The fourth-order valence-corrected chi connectivity index (χ4v) is 3.86. The van der Waals surface area contributed by atoms with Crippen LogP contribution in [0.2, 0.25) is 0 Å². The molecule has 1 fully saturated rings. The van der Waals surface area contributed by atoms with Gasteiger partial charge in [-0.25, -0.2) is 0 Å². The summed E-state index contributed by atoms with van der Waals surface area (Å²) in [5.41, 5.74) is 2.50. The molecule has 3 nitrogen and oxygen atoms in total. The fourth-order valence-electron chi connectivity index (χ4n) is 3.86. The van der Waals surface area contributed by atoms with Crippen LogP contribution in [0.3, 0.4) is 0 Å². The summed E-state index contributed by atoms with van der Waals surface area (Å²) in [6, 6.07) is 22.4. The molecule has 1 saturated carbocycles. The van der Waals surface area contributed by atoms with Gasteiger partial charge >= 0.3 is 0 Å². The van der Waals surface area contributed by atoms with Gasteiger partial charge in [0.1, 0.15) is 0 Å². The van der Waals surface area contributed by atoms with E-state index in [1.807, 2.05) is 48.5 Å². The molecule has 0 saturated heterocycles. The van der Waals surface area contributed by atoms with Gasteiger partial charge in [0, 0.05) is 5.56 Å². The van der Waals surface area contributed by atoms with Gasteiger partial charge < -0.3 is 9.47 Å². The van der Waals surface area contributed by atoms with Crippen LogP contribution >= 0.6 is 0 Å². The highest BCUT2D eigenvalue weighted by atomic mass is 16.5. The van der Waals surface area contributed by atoms with Gasteiger partial charge in [0.25, 0.3) is 0 Å². The third kappa shape index (κ3) is 3.73. The number of hydrogen-bond acceptors (Lipinski definition) is 3. The third-order valence-electron chi connectivity index (χ3n) is 5.29. The van der Waals surface area contributed by atoms with Crippen molar-refractivity contribution >= 4 is 22.4 Å². The molecule has 0 N–H and O–H groups in total. The number of ether oxygens (including phenoxy) is 2. The SMILES string of the molecule is COc1ccc(C=C(C#N)c2cccc3ccccc23)cc1OC1CCCC1. The minimum atomic E-state index is 0.252. The van der Waals surface area contributed by atoms with Gasteiger partial charge in [0.05, 0.1) is 24.9 Å². The summed E-state index contributed by atoms with van der Waals surface area (Å²) in [6.07, 6.45) is 6.77. The molecule has 0 bridgehead atoms. The molecule has 0 unspecified atom stereocenters. The van der Waals surface area contributed by atoms with Gasteiger partial charge in [0.2, 0.25) is 0 Å². The van der Waals surface area contributed by atoms with E-state index in [2.05, 4.69) is 24.3 Å². The number of fused-ring (bicyclic) bond motifs is 1. The van der Waals surface area contributed by atoms with Crippen molar-refractivity contribution in [3.8, 4) is 17.6 Å². The predicted molar refractivity (Wildman–Crippen MR) is 113 cm³/mol. The lowest BCUT2D eigenvalue weighted by molar-refractivity contribution is 0.201. The van der Waals surface area contributed by atoms with E-state index in [1.54, 1.807) is 7.11 Å². The molecule has 0 atom stereocenters. The second-order valence-corrected chi connectivity index (χ2v) is 7.13. The van der Waals surface area contributed by atoms with E-state index in [9.17, 15) is 5.26 Å². The standard InChI is InChI=1S/C25H23NO2/c1-27-24-14-13-18(16-25(24)28-21-9-3-4-10-21)15-20(17-26)23-12-6-8-19-7-2-5-11-22(19)23/h2,5-8,11-16,21H,3-4,9-10H2,1H3. The summed E-state index contributed by atoms with van der Waals surface area (Å²) in [7, 11) is 1.66. The molecule has 0 spiro atoms. The lowest BCUT2D eigenvalue weighted by atomic mass is 9.97. The van der Waals surface area contributed by atoms with E-state index in [0.717, 1.165) is 46.2 Å². The lowest BCUT2D eigenvalue weighted by Gasteiger charge is -2.16. The summed E-state index contributed by atoms with van der Waals surface area (Å²) < 4.78 is 11.7. The van der Waals surface area contributed by atoms with Crippen molar-refractivity contribution in [1.29, 1.82) is 5.26 Å². The Hall–Kier alpha value is -3.25. The Morgan fingerprint density at radius 3 is 2.57 bits per heavy atom. The molecule has 0 radical (unpaired) electrons. The highest BCUT2D eigenvalue weighted by molar-refractivity contribution is 6.01. The first-order valence-electron chi connectivity index (χ1n) is 9.73. The quantitative estimate of drug-likeness (QED) is 0.395. The Labute approximate surface area is 165 Å². The number of nitriles is 1. The van der Waals surface area contributed by atoms with Crippen LogP contribution in [0.5, 0.6) is 11.5 Å². The first kappa shape index (κ1) is 18.1. The minimum absolute atomic E-state index is 0.252. The maximum absolute atomic E-state index is 9.83. The Kier molecular flexibility index (Phi) is 5.30. The van der Waals surface area contributed by atoms with Gasteiger partial charge in [-0.15, -0.1) is 0 Å². The zero-order valence-corrected chi connectivity index (χ0v) is 16.0. The number of hydrogen-bond donors (Lipinski definition) is 0. The maximum Gasteiger partial charge on any atom is 0.162 e. The van der Waals surface area contributed by atoms with Gasteiger partial charge in [-0.1, -0.05) is 48.5 Å². The van der Waals surface area contributed by atoms with Gasteiger partial charge in [0.15, 0.2) is 11.5 Å². The van der Waals surface area contributed by atoms with Gasteiger partial charge in [-0.2, -0.15) is 5.26 Å². The molecule has 3 aromatic carbocycles. The van der Waals surface area contributed by atoms with Crippen LogP contribution in [0.25, 0.3) is 22.4 Å². The van der Waals surface area contributed by atoms with E-state index in [0.29, 0.717) is 5.57 Å². The summed E-state index contributed by atoms with van der Waals surface area (Å²) in [4.78, 5) is 0. The number of allylic oxidation sites excluding steroid dienone is 1. The summed E-state index contributed by atoms with van der Waals surface area (Å²) >= 11 is 0. The molecular formula is C25H23NO2. The smallest absolute Gasteiger partial charge is 0.162 e. The average Bonchev–Trinajstić information content (AvgIpc) is 3.25. The van der Waals surface area contributed by atoms with Crippen molar-refractivity contribution in [2.24, 2.45) is 0 Å². The first-order valence-corrected chi connectivity index (χ1v) is 9.73.